The molecule has 3 nitrogen and oxygen atoms in total. The van der Waals surface area contributed by atoms with Crippen molar-refractivity contribution in [3.05, 3.63) is 35.9 Å². The van der Waals surface area contributed by atoms with Gasteiger partial charge in [0.15, 0.2) is 0 Å². The first-order valence-corrected chi connectivity index (χ1v) is 7.47. The SMILES string of the molecule is NC(=O)C(c1ccccc1)(C(F)(F)F)C(F)(F)F.O=C(Br)CBr. The number of primary amides is 1. The maximum Gasteiger partial charge on any atom is 0.416 e. The summed E-state index contributed by atoms with van der Waals surface area (Å²) in [6, 6.07) is 4.27. The van der Waals surface area contributed by atoms with Gasteiger partial charge in [-0.1, -0.05) is 46.3 Å². The van der Waals surface area contributed by atoms with Crippen LogP contribution in [0.4, 0.5) is 26.3 Å². The van der Waals surface area contributed by atoms with Gasteiger partial charge in [-0.25, -0.2) is 0 Å². The molecule has 0 saturated heterocycles. The van der Waals surface area contributed by atoms with Crippen LogP contribution in [0, 0.1) is 0 Å². The van der Waals surface area contributed by atoms with Crippen molar-refractivity contribution in [1.29, 1.82) is 0 Å². The second kappa shape index (κ2) is 8.13. The van der Waals surface area contributed by atoms with E-state index in [1.807, 2.05) is 0 Å². The molecule has 11 heteroatoms. The Morgan fingerprint density at radius 1 is 0.957 bits per heavy atom. The maximum absolute atomic E-state index is 12.8. The standard InChI is InChI=1S/C10H7F6NO.C2H2Br2O/c11-9(12,13)8(7(17)18,10(14,15)16)6-4-2-1-3-5-6;3-1-2(4)5/h1-5H,(H2,17,18);1H2. The van der Waals surface area contributed by atoms with E-state index < -0.39 is 29.2 Å². The van der Waals surface area contributed by atoms with Gasteiger partial charge in [0.25, 0.3) is 5.41 Å². The molecule has 1 aromatic carbocycles. The molecule has 1 amide bonds. The monoisotopic (exact) mass is 471 g/mol. The Morgan fingerprint density at radius 2 is 1.30 bits per heavy atom. The van der Waals surface area contributed by atoms with E-state index >= 15 is 0 Å². The lowest BCUT2D eigenvalue weighted by Crippen LogP contribution is -2.61. The molecule has 0 atom stereocenters. The number of carbonyl (C=O) groups excluding carboxylic acids is 2. The van der Waals surface area contributed by atoms with Crippen LogP contribution < -0.4 is 5.73 Å². The molecule has 0 fully saturated rings. The lowest BCUT2D eigenvalue weighted by atomic mass is 9.78. The fraction of sp³-hybridized carbons (Fsp3) is 0.333. The van der Waals surface area contributed by atoms with Crippen molar-refractivity contribution < 1.29 is 35.9 Å². The van der Waals surface area contributed by atoms with Crippen LogP contribution in [0.1, 0.15) is 5.56 Å². The summed E-state index contributed by atoms with van der Waals surface area (Å²) in [4.78, 5) is 20.6. The molecule has 0 heterocycles. The molecule has 23 heavy (non-hydrogen) atoms. The minimum Gasteiger partial charge on any atom is -0.368 e. The van der Waals surface area contributed by atoms with Crippen LogP contribution in [0.25, 0.3) is 0 Å². The van der Waals surface area contributed by atoms with Gasteiger partial charge in [0.05, 0.1) is 5.33 Å². The first kappa shape index (κ1) is 21.9. The Balaban J connectivity index is 0.000000841. The Morgan fingerprint density at radius 3 is 1.52 bits per heavy atom. The van der Waals surface area contributed by atoms with Gasteiger partial charge in [-0.15, -0.1) is 0 Å². The lowest BCUT2D eigenvalue weighted by molar-refractivity contribution is -0.290. The van der Waals surface area contributed by atoms with Crippen molar-refractivity contribution in [1.82, 2.24) is 0 Å². The quantitative estimate of drug-likeness (QED) is 0.413. The molecule has 0 aliphatic heterocycles. The van der Waals surface area contributed by atoms with E-state index in [-0.39, 0.29) is 4.69 Å². The largest absolute Gasteiger partial charge is 0.416 e. The van der Waals surface area contributed by atoms with Gasteiger partial charge < -0.3 is 5.73 Å². The predicted octanol–water partition coefficient (Wildman–Crippen LogP) is 3.84. The minimum absolute atomic E-state index is 0.0162. The number of alkyl halides is 7. The van der Waals surface area contributed by atoms with Crippen LogP contribution in [-0.4, -0.2) is 28.3 Å². The summed E-state index contributed by atoms with van der Waals surface area (Å²) in [5, 5.41) is 0.396. The minimum atomic E-state index is -5.88. The third kappa shape index (κ3) is 4.93. The van der Waals surface area contributed by atoms with Gasteiger partial charge in [0.2, 0.25) is 10.6 Å². The molecule has 0 aliphatic rings. The first-order chi connectivity index (χ1) is 10.3. The zero-order valence-electron chi connectivity index (χ0n) is 11.0. The summed E-state index contributed by atoms with van der Waals surface area (Å²) in [7, 11) is 0. The van der Waals surface area contributed by atoms with E-state index in [1.54, 1.807) is 0 Å². The highest BCUT2D eigenvalue weighted by atomic mass is 79.9. The van der Waals surface area contributed by atoms with Gasteiger partial charge in [0, 0.05) is 0 Å². The van der Waals surface area contributed by atoms with Gasteiger partial charge >= 0.3 is 12.4 Å². The van der Waals surface area contributed by atoms with Gasteiger partial charge in [-0.05, 0) is 21.5 Å². The smallest absolute Gasteiger partial charge is 0.368 e. The maximum atomic E-state index is 12.8. The highest BCUT2D eigenvalue weighted by molar-refractivity contribution is 9.19. The van der Waals surface area contributed by atoms with Crippen molar-refractivity contribution in [3.8, 4) is 0 Å². The molecular formula is C12H9Br2F6NO2. The summed E-state index contributed by atoms with van der Waals surface area (Å²) in [6.45, 7) is 0. The molecule has 1 rings (SSSR count). The highest BCUT2D eigenvalue weighted by Crippen LogP contribution is 2.51. The fourth-order valence-corrected chi connectivity index (χ4v) is 1.60. The Bertz CT molecular complexity index is 531. The number of hydrogen-bond donors (Lipinski definition) is 1. The molecule has 0 radical (unpaired) electrons. The van der Waals surface area contributed by atoms with Crippen molar-refractivity contribution in [2.45, 2.75) is 17.8 Å². The number of carbonyl (C=O) groups is 2. The Kier molecular flexibility index (Phi) is 7.74. The zero-order chi connectivity index (χ0) is 18.5. The second-order valence-electron chi connectivity index (χ2n) is 3.96. The molecule has 130 valence electrons. The molecular weight excluding hydrogens is 464 g/mol. The fourth-order valence-electron chi connectivity index (χ4n) is 1.60. The van der Waals surface area contributed by atoms with E-state index in [0.29, 0.717) is 17.5 Å². The number of benzene rings is 1. The lowest BCUT2D eigenvalue weighted by Gasteiger charge is -2.34. The van der Waals surface area contributed by atoms with E-state index in [4.69, 9.17) is 0 Å². The Hall–Kier alpha value is -1.10. The summed E-state index contributed by atoms with van der Waals surface area (Å²) >= 11 is 5.60. The van der Waals surface area contributed by atoms with Crippen molar-refractivity contribution in [3.63, 3.8) is 0 Å². The molecule has 0 aromatic heterocycles. The summed E-state index contributed by atoms with van der Waals surface area (Å²) in [5.74, 6) is -2.51. The molecule has 0 saturated carbocycles. The number of rotatable bonds is 3. The van der Waals surface area contributed by atoms with Crippen LogP contribution in [0.5, 0.6) is 0 Å². The molecule has 0 spiro atoms. The third-order valence-electron chi connectivity index (χ3n) is 2.53. The normalized spacial score (nSPS) is 12.2. The summed E-state index contributed by atoms with van der Waals surface area (Å²) in [6.07, 6.45) is -11.8. The summed E-state index contributed by atoms with van der Waals surface area (Å²) in [5.41, 5.74) is -1.55. The number of nitrogens with two attached hydrogens (primary N) is 1. The molecule has 0 bridgehead atoms. The van der Waals surface area contributed by atoms with Crippen molar-refractivity contribution >= 4 is 42.5 Å². The number of amides is 1. The van der Waals surface area contributed by atoms with Gasteiger partial charge in [0.1, 0.15) is 0 Å². The molecule has 2 N–H and O–H groups in total. The molecule has 0 aliphatic carbocycles. The predicted molar refractivity (Wildman–Crippen MR) is 77.2 cm³/mol. The van der Waals surface area contributed by atoms with E-state index in [9.17, 15) is 35.9 Å². The number of hydrogen-bond acceptors (Lipinski definition) is 2. The van der Waals surface area contributed by atoms with Gasteiger partial charge in [-0.3, -0.25) is 9.59 Å². The Labute approximate surface area is 143 Å². The zero-order valence-corrected chi connectivity index (χ0v) is 14.2. The van der Waals surface area contributed by atoms with E-state index in [0.717, 1.165) is 12.1 Å². The van der Waals surface area contributed by atoms with Crippen LogP contribution in [0.15, 0.2) is 30.3 Å². The van der Waals surface area contributed by atoms with Crippen molar-refractivity contribution in [2.75, 3.05) is 5.33 Å². The summed E-state index contributed by atoms with van der Waals surface area (Å²) < 4.78 is 76.7. The van der Waals surface area contributed by atoms with Crippen LogP contribution in [-0.2, 0) is 15.0 Å². The average molecular weight is 473 g/mol. The topological polar surface area (TPSA) is 60.2 Å². The second-order valence-corrected chi connectivity index (χ2v) is 5.41. The highest BCUT2D eigenvalue weighted by Gasteiger charge is 2.75. The number of halogens is 8. The van der Waals surface area contributed by atoms with Crippen LogP contribution in [0.3, 0.4) is 0 Å². The molecule has 1 aromatic rings. The first-order valence-electron chi connectivity index (χ1n) is 5.55. The van der Waals surface area contributed by atoms with Gasteiger partial charge in [-0.2, -0.15) is 26.3 Å². The van der Waals surface area contributed by atoms with Crippen LogP contribution in [0.2, 0.25) is 0 Å². The van der Waals surface area contributed by atoms with E-state index in [1.165, 1.54) is 6.07 Å². The molecule has 0 unspecified atom stereocenters. The van der Waals surface area contributed by atoms with Crippen LogP contribution >= 0.6 is 31.9 Å². The van der Waals surface area contributed by atoms with Crippen molar-refractivity contribution in [2.24, 2.45) is 5.73 Å². The third-order valence-corrected chi connectivity index (χ3v) is 4.07. The van der Waals surface area contributed by atoms with E-state index in [2.05, 4.69) is 37.6 Å². The average Bonchev–Trinajstić information content (AvgIpc) is 2.37.